The van der Waals surface area contributed by atoms with E-state index in [1.807, 2.05) is 29.6 Å². The number of hydrogen-bond acceptors (Lipinski definition) is 7. The summed E-state index contributed by atoms with van der Waals surface area (Å²) in [6.07, 6.45) is 0. The molecule has 0 amide bonds. The van der Waals surface area contributed by atoms with Crippen LogP contribution in [0, 0.1) is 10.1 Å². The molecule has 0 aliphatic heterocycles. The van der Waals surface area contributed by atoms with Gasteiger partial charge in [-0.1, -0.05) is 18.2 Å². The number of methoxy groups -OCH3 is 1. The highest BCUT2D eigenvalue weighted by Crippen LogP contribution is 2.26. The number of non-ortho nitro benzene ring substituents is 1. The number of carbonyl (C=O) groups is 2. The molecule has 0 aliphatic carbocycles. The first-order valence-electron chi connectivity index (χ1n) is 7.49. The Morgan fingerprint density at radius 2 is 1.81 bits per heavy atom. The largest absolute Gasteiger partial charge is 0.465 e. The summed E-state index contributed by atoms with van der Waals surface area (Å²) in [6, 6.07) is 11.0. The Morgan fingerprint density at radius 1 is 1.12 bits per heavy atom. The monoisotopic (exact) mass is 371 g/mol. The van der Waals surface area contributed by atoms with Crippen molar-refractivity contribution in [3.05, 3.63) is 74.6 Å². The van der Waals surface area contributed by atoms with Crippen LogP contribution in [0.2, 0.25) is 0 Å². The molecule has 0 N–H and O–H groups in total. The first kappa shape index (κ1) is 17.6. The zero-order chi connectivity index (χ0) is 18.7. The van der Waals surface area contributed by atoms with Gasteiger partial charge in [0, 0.05) is 22.4 Å². The van der Waals surface area contributed by atoms with Crippen LogP contribution in [0.1, 0.15) is 26.3 Å². The molecule has 0 fully saturated rings. The van der Waals surface area contributed by atoms with Crippen LogP contribution in [0.4, 0.5) is 5.69 Å². The fourth-order valence-electron chi connectivity index (χ4n) is 2.44. The molecule has 0 spiro atoms. The Balaban J connectivity index is 1.83. The van der Waals surface area contributed by atoms with Crippen LogP contribution in [0.3, 0.4) is 0 Å². The molecule has 1 heterocycles. The minimum absolute atomic E-state index is 0.0269. The standard InChI is InChI=1S/C18H13NO6S/c1-24-17(20)11-6-12(8-14(7-11)19(22)23)18(21)25-9-13-10-26-16-5-3-2-4-15(13)16/h2-8,10H,9H2,1H3. The van der Waals surface area contributed by atoms with Crippen molar-refractivity contribution in [2.24, 2.45) is 0 Å². The molecular weight excluding hydrogens is 358 g/mol. The molecule has 8 heteroatoms. The van der Waals surface area contributed by atoms with Crippen LogP contribution in [0.5, 0.6) is 0 Å². The predicted octanol–water partition coefficient (Wildman–Crippen LogP) is 3.95. The van der Waals surface area contributed by atoms with Crippen LogP contribution < -0.4 is 0 Å². The van der Waals surface area contributed by atoms with E-state index < -0.39 is 16.9 Å². The van der Waals surface area contributed by atoms with Gasteiger partial charge in [0.25, 0.3) is 5.69 Å². The molecule has 0 bridgehead atoms. The van der Waals surface area contributed by atoms with E-state index in [1.165, 1.54) is 17.4 Å². The minimum Gasteiger partial charge on any atom is -0.465 e. The summed E-state index contributed by atoms with van der Waals surface area (Å²) < 4.78 is 10.9. The molecule has 7 nitrogen and oxygen atoms in total. The van der Waals surface area contributed by atoms with E-state index in [1.54, 1.807) is 0 Å². The number of benzene rings is 2. The molecule has 2 aromatic carbocycles. The van der Waals surface area contributed by atoms with Crippen molar-refractivity contribution < 1.29 is 24.0 Å². The van der Waals surface area contributed by atoms with Gasteiger partial charge in [-0.25, -0.2) is 9.59 Å². The third kappa shape index (κ3) is 3.55. The van der Waals surface area contributed by atoms with Gasteiger partial charge < -0.3 is 9.47 Å². The minimum atomic E-state index is -0.772. The number of nitrogens with zero attached hydrogens (tertiary/aromatic N) is 1. The molecule has 3 rings (SSSR count). The third-order valence-corrected chi connectivity index (χ3v) is 4.72. The highest BCUT2D eigenvalue weighted by molar-refractivity contribution is 7.17. The van der Waals surface area contributed by atoms with E-state index in [0.717, 1.165) is 34.9 Å². The number of nitro groups is 1. The van der Waals surface area contributed by atoms with Crippen molar-refractivity contribution >= 4 is 39.0 Å². The van der Waals surface area contributed by atoms with Gasteiger partial charge in [-0.3, -0.25) is 10.1 Å². The van der Waals surface area contributed by atoms with Crippen LogP contribution in [0.25, 0.3) is 10.1 Å². The predicted molar refractivity (Wildman–Crippen MR) is 95.4 cm³/mol. The second-order valence-corrected chi connectivity index (χ2v) is 6.26. The van der Waals surface area contributed by atoms with E-state index in [9.17, 15) is 19.7 Å². The summed E-state index contributed by atoms with van der Waals surface area (Å²) in [4.78, 5) is 34.3. The normalized spacial score (nSPS) is 10.5. The number of hydrogen-bond donors (Lipinski definition) is 0. The molecule has 0 saturated carbocycles. The Kier molecular flexibility index (Phi) is 4.94. The fraction of sp³-hybridized carbons (Fsp3) is 0.111. The molecule has 3 aromatic rings. The average molecular weight is 371 g/mol. The Morgan fingerprint density at radius 3 is 2.50 bits per heavy atom. The summed E-state index contributed by atoms with van der Waals surface area (Å²) in [5.74, 6) is -1.53. The maximum Gasteiger partial charge on any atom is 0.338 e. The molecular formula is C18H13NO6S. The highest BCUT2D eigenvalue weighted by atomic mass is 32.1. The molecule has 0 saturated heterocycles. The maximum absolute atomic E-state index is 12.3. The van der Waals surface area contributed by atoms with E-state index >= 15 is 0 Å². The molecule has 0 atom stereocenters. The first-order valence-corrected chi connectivity index (χ1v) is 8.37. The molecule has 0 aliphatic rings. The second kappa shape index (κ2) is 7.32. The topological polar surface area (TPSA) is 95.7 Å². The summed E-state index contributed by atoms with van der Waals surface area (Å²) in [5, 5.41) is 13.9. The number of ether oxygens (including phenoxy) is 2. The first-order chi connectivity index (χ1) is 12.5. The summed E-state index contributed by atoms with van der Waals surface area (Å²) in [6.45, 7) is 0.0269. The van der Waals surface area contributed by atoms with Crippen molar-refractivity contribution in [1.29, 1.82) is 0 Å². The number of esters is 2. The van der Waals surface area contributed by atoms with Crippen LogP contribution in [0.15, 0.2) is 47.8 Å². The Labute approximate surface area is 151 Å². The lowest BCUT2D eigenvalue weighted by Gasteiger charge is -2.06. The zero-order valence-electron chi connectivity index (χ0n) is 13.6. The van der Waals surface area contributed by atoms with E-state index in [4.69, 9.17) is 4.74 Å². The van der Waals surface area contributed by atoms with Crippen molar-refractivity contribution in [3.8, 4) is 0 Å². The fourth-order valence-corrected chi connectivity index (χ4v) is 3.39. The van der Waals surface area contributed by atoms with Crippen molar-refractivity contribution in [2.75, 3.05) is 7.11 Å². The Bertz CT molecular complexity index is 1010. The lowest BCUT2D eigenvalue weighted by molar-refractivity contribution is -0.384. The number of rotatable bonds is 5. The quantitative estimate of drug-likeness (QED) is 0.383. The van der Waals surface area contributed by atoms with Crippen LogP contribution >= 0.6 is 11.3 Å². The lowest BCUT2D eigenvalue weighted by Crippen LogP contribution is -2.09. The van der Waals surface area contributed by atoms with Gasteiger partial charge in [-0.15, -0.1) is 11.3 Å². The summed E-state index contributed by atoms with van der Waals surface area (Å²) in [5.41, 5.74) is 0.284. The summed E-state index contributed by atoms with van der Waals surface area (Å²) in [7, 11) is 1.15. The van der Waals surface area contributed by atoms with Gasteiger partial charge in [-0.2, -0.15) is 0 Å². The van der Waals surface area contributed by atoms with Crippen molar-refractivity contribution in [3.63, 3.8) is 0 Å². The second-order valence-electron chi connectivity index (χ2n) is 5.35. The van der Waals surface area contributed by atoms with Crippen LogP contribution in [-0.4, -0.2) is 24.0 Å². The number of nitro benzene ring substituents is 1. The van der Waals surface area contributed by atoms with Gasteiger partial charge in [0.05, 0.1) is 23.2 Å². The van der Waals surface area contributed by atoms with E-state index in [2.05, 4.69) is 4.74 Å². The van der Waals surface area contributed by atoms with E-state index in [-0.39, 0.29) is 23.4 Å². The van der Waals surface area contributed by atoms with Crippen molar-refractivity contribution in [1.82, 2.24) is 0 Å². The molecule has 26 heavy (non-hydrogen) atoms. The zero-order valence-corrected chi connectivity index (χ0v) is 14.4. The lowest BCUT2D eigenvalue weighted by atomic mass is 10.1. The molecule has 0 radical (unpaired) electrons. The van der Waals surface area contributed by atoms with Gasteiger partial charge in [0.1, 0.15) is 6.61 Å². The summed E-state index contributed by atoms with van der Waals surface area (Å²) >= 11 is 1.54. The number of fused-ring (bicyclic) bond motifs is 1. The van der Waals surface area contributed by atoms with Crippen LogP contribution in [-0.2, 0) is 16.1 Å². The number of thiophene rings is 1. The van der Waals surface area contributed by atoms with E-state index in [0.29, 0.717) is 0 Å². The van der Waals surface area contributed by atoms with Gasteiger partial charge in [-0.05, 0) is 22.9 Å². The van der Waals surface area contributed by atoms with Gasteiger partial charge >= 0.3 is 11.9 Å². The SMILES string of the molecule is COC(=O)c1cc(C(=O)OCc2csc3ccccc23)cc([N+](=O)[O-])c1. The molecule has 1 aromatic heterocycles. The maximum atomic E-state index is 12.3. The van der Waals surface area contributed by atoms with Crippen molar-refractivity contribution in [2.45, 2.75) is 6.61 Å². The number of carbonyl (C=O) groups excluding carboxylic acids is 2. The van der Waals surface area contributed by atoms with Gasteiger partial charge in [0.2, 0.25) is 0 Å². The molecule has 0 unspecified atom stereocenters. The third-order valence-electron chi connectivity index (χ3n) is 3.71. The highest BCUT2D eigenvalue weighted by Gasteiger charge is 2.19. The molecule has 132 valence electrons. The Hall–Kier alpha value is -3.26. The smallest absolute Gasteiger partial charge is 0.338 e. The average Bonchev–Trinajstić information content (AvgIpc) is 3.08. The van der Waals surface area contributed by atoms with Gasteiger partial charge in [0.15, 0.2) is 0 Å².